The maximum atomic E-state index is 10.7. The molecule has 0 saturated carbocycles. The van der Waals surface area contributed by atoms with E-state index < -0.39 is 0 Å². The highest BCUT2D eigenvalue weighted by Crippen LogP contribution is 2.00. The summed E-state index contributed by atoms with van der Waals surface area (Å²) in [6, 6.07) is 0. The zero-order valence-corrected chi connectivity index (χ0v) is 4.87. The number of hydrogen-bond acceptors (Lipinski definition) is 1. The van der Waals surface area contributed by atoms with Crippen molar-refractivity contribution in [2.45, 2.75) is 12.8 Å². The van der Waals surface area contributed by atoms with E-state index in [1.165, 1.54) is 0 Å². The van der Waals surface area contributed by atoms with Crippen LogP contribution in [0, 0.1) is 0 Å². The van der Waals surface area contributed by atoms with Gasteiger partial charge in [-0.15, -0.1) is 0 Å². The van der Waals surface area contributed by atoms with Gasteiger partial charge in [0, 0.05) is 6.42 Å². The van der Waals surface area contributed by atoms with Gasteiger partial charge in [-0.25, -0.2) is 0 Å². The number of rotatable bonds is 0. The third-order valence-corrected chi connectivity index (χ3v) is 1.22. The zero-order chi connectivity index (χ0) is 6.69. The lowest BCUT2D eigenvalue weighted by molar-refractivity contribution is -0.116. The standard InChI is InChI=1S/C6H6N2O/c7-8-5-3-1-2-4-6(5)9/h1-2H,3-4H2. The van der Waals surface area contributed by atoms with Gasteiger partial charge in [0.15, 0.2) is 0 Å². The summed E-state index contributed by atoms with van der Waals surface area (Å²) in [4.78, 5) is 13.5. The Morgan fingerprint density at radius 1 is 1.44 bits per heavy atom. The summed E-state index contributed by atoms with van der Waals surface area (Å²) in [5, 5.41) is 0. The molecule has 0 N–H and O–H groups in total. The molecule has 0 aromatic heterocycles. The third-order valence-electron chi connectivity index (χ3n) is 1.22. The molecule has 0 spiro atoms. The smallest absolute Gasteiger partial charge is 0.338 e. The summed E-state index contributed by atoms with van der Waals surface area (Å²) in [5.74, 6) is -0.0833. The van der Waals surface area contributed by atoms with Crippen LogP contribution < -0.4 is 0 Å². The number of allylic oxidation sites excluding steroid dienone is 2. The van der Waals surface area contributed by atoms with Gasteiger partial charge in [-0.05, 0) is 0 Å². The molecule has 0 atom stereocenters. The Morgan fingerprint density at radius 3 is 2.56 bits per heavy atom. The molecule has 0 amide bonds. The minimum atomic E-state index is -0.0833. The molecule has 0 aromatic rings. The Labute approximate surface area is 52.6 Å². The Hall–Kier alpha value is -1.21. The average Bonchev–Trinajstić information content (AvgIpc) is 1.89. The lowest BCUT2D eigenvalue weighted by Gasteiger charge is -1.93. The van der Waals surface area contributed by atoms with Crippen LogP contribution in [0.3, 0.4) is 0 Å². The first-order valence-corrected chi connectivity index (χ1v) is 2.73. The van der Waals surface area contributed by atoms with Crippen LogP contribution in [0.15, 0.2) is 12.2 Å². The topological polar surface area (TPSA) is 53.5 Å². The number of ketones is 1. The first kappa shape index (κ1) is 5.92. The van der Waals surface area contributed by atoms with E-state index in [9.17, 15) is 4.79 Å². The molecule has 0 saturated heterocycles. The minimum Gasteiger partial charge on any atom is -0.361 e. The normalized spacial score (nSPS) is 17.8. The highest BCUT2D eigenvalue weighted by atomic mass is 16.1. The van der Waals surface area contributed by atoms with Crippen molar-refractivity contribution in [3.05, 3.63) is 17.7 Å². The lowest BCUT2D eigenvalue weighted by Crippen LogP contribution is -2.15. The first-order chi connectivity index (χ1) is 4.34. The molecule has 0 aromatic carbocycles. The Bertz CT molecular complexity index is 211. The van der Waals surface area contributed by atoms with Crippen molar-refractivity contribution >= 4 is 11.5 Å². The van der Waals surface area contributed by atoms with Gasteiger partial charge in [0.05, 0.1) is 6.42 Å². The fourth-order valence-corrected chi connectivity index (χ4v) is 0.714. The second-order valence-electron chi connectivity index (χ2n) is 1.85. The van der Waals surface area contributed by atoms with Crippen molar-refractivity contribution in [1.82, 2.24) is 0 Å². The van der Waals surface area contributed by atoms with Crippen molar-refractivity contribution in [2.75, 3.05) is 0 Å². The molecule has 1 aliphatic carbocycles. The number of Topliss-reactive ketones (excluding diaryl/α,β-unsaturated/α-hetero) is 1. The van der Waals surface area contributed by atoms with Gasteiger partial charge in [0.1, 0.15) is 0 Å². The van der Waals surface area contributed by atoms with E-state index in [0.717, 1.165) is 0 Å². The van der Waals surface area contributed by atoms with Gasteiger partial charge < -0.3 is 5.53 Å². The first-order valence-electron chi connectivity index (χ1n) is 2.73. The second-order valence-corrected chi connectivity index (χ2v) is 1.85. The highest BCUT2D eigenvalue weighted by Gasteiger charge is 2.19. The van der Waals surface area contributed by atoms with Crippen molar-refractivity contribution in [2.24, 2.45) is 0 Å². The monoisotopic (exact) mass is 122 g/mol. The summed E-state index contributed by atoms with van der Waals surface area (Å²) in [5.41, 5.74) is 8.46. The fraction of sp³-hybridized carbons (Fsp3) is 0.333. The van der Waals surface area contributed by atoms with Crippen molar-refractivity contribution in [1.29, 1.82) is 0 Å². The molecule has 0 heterocycles. The van der Waals surface area contributed by atoms with Gasteiger partial charge in [-0.2, -0.15) is 4.79 Å². The van der Waals surface area contributed by atoms with Crippen LogP contribution in [0.4, 0.5) is 0 Å². The van der Waals surface area contributed by atoms with Crippen molar-refractivity contribution in [3.8, 4) is 0 Å². The molecular weight excluding hydrogens is 116 g/mol. The summed E-state index contributed by atoms with van der Waals surface area (Å²) in [6.45, 7) is 0. The van der Waals surface area contributed by atoms with Gasteiger partial charge >= 0.3 is 5.71 Å². The summed E-state index contributed by atoms with van der Waals surface area (Å²) in [7, 11) is 0. The van der Waals surface area contributed by atoms with Crippen LogP contribution in [-0.2, 0) is 4.79 Å². The molecule has 1 aliphatic rings. The van der Waals surface area contributed by atoms with E-state index in [4.69, 9.17) is 5.53 Å². The van der Waals surface area contributed by atoms with E-state index in [2.05, 4.69) is 4.79 Å². The Balaban J connectivity index is 2.88. The number of nitrogens with zero attached hydrogens (tertiary/aromatic N) is 2. The average molecular weight is 122 g/mol. The molecule has 46 valence electrons. The van der Waals surface area contributed by atoms with Crippen molar-refractivity contribution < 1.29 is 9.58 Å². The highest BCUT2D eigenvalue weighted by molar-refractivity contribution is 6.38. The Kier molecular flexibility index (Phi) is 1.56. The van der Waals surface area contributed by atoms with E-state index in [1.807, 2.05) is 6.08 Å². The predicted octanol–water partition coefficient (Wildman–Crippen LogP) is 0.576. The number of hydrogen-bond donors (Lipinski definition) is 0. The summed E-state index contributed by atoms with van der Waals surface area (Å²) >= 11 is 0. The van der Waals surface area contributed by atoms with Crippen molar-refractivity contribution in [3.63, 3.8) is 0 Å². The molecule has 0 aliphatic heterocycles. The molecule has 0 unspecified atom stereocenters. The molecule has 3 nitrogen and oxygen atoms in total. The quantitative estimate of drug-likeness (QED) is 0.263. The largest absolute Gasteiger partial charge is 0.361 e. The maximum absolute atomic E-state index is 10.7. The number of carbonyl (C=O) groups excluding carboxylic acids is 1. The predicted molar refractivity (Wildman–Crippen MR) is 32.0 cm³/mol. The minimum absolute atomic E-state index is 0.0833. The van der Waals surface area contributed by atoms with Crippen LogP contribution in [0.5, 0.6) is 0 Å². The van der Waals surface area contributed by atoms with E-state index in [1.54, 1.807) is 6.08 Å². The van der Waals surface area contributed by atoms with Gasteiger partial charge in [0.25, 0.3) is 0 Å². The van der Waals surface area contributed by atoms with E-state index in [0.29, 0.717) is 12.8 Å². The summed E-state index contributed by atoms with van der Waals surface area (Å²) < 4.78 is 0. The SMILES string of the molecule is [N-]=[N+]=C1CC=CCC1=O. The Morgan fingerprint density at radius 2 is 2.11 bits per heavy atom. The van der Waals surface area contributed by atoms with Gasteiger partial charge in [0.2, 0.25) is 5.78 Å². The van der Waals surface area contributed by atoms with E-state index >= 15 is 0 Å². The molecule has 0 bridgehead atoms. The molecule has 0 fully saturated rings. The lowest BCUT2D eigenvalue weighted by atomic mass is 10.0. The molecule has 0 radical (unpaired) electrons. The van der Waals surface area contributed by atoms with Crippen LogP contribution in [0.1, 0.15) is 12.8 Å². The van der Waals surface area contributed by atoms with E-state index in [-0.39, 0.29) is 11.5 Å². The summed E-state index contributed by atoms with van der Waals surface area (Å²) in [6.07, 6.45) is 4.43. The second kappa shape index (κ2) is 2.37. The number of carbonyl (C=O) groups is 1. The van der Waals surface area contributed by atoms with Gasteiger partial charge in [-0.1, -0.05) is 12.2 Å². The van der Waals surface area contributed by atoms with Gasteiger partial charge in [-0.3, -0.25) is 4.79 Å². The van der Waals surface area contributed by atoms with Crippen LogP contribution in [-0.4, -0.2) is 16.3 Å². The zero-order valence-electron chi connectivity index (χ0n) is 4.87. The molecule has 1 rings (SSSR count). The van der Waals surface area contributed by atoms with Crippen LogP contribution in [0.25, 0.3) is 5.53 Å². The van der Waals surface area contributed by atoms with Crippen LogP contribution in [0.2, 0.25) is 0 Å². The molecule has 9 heavy (non-hydrogen) atoms. The fourth-order valence-electron chi connectivity index (χ4n) is 0.714. The molecular formula is C6H6N2O. The third kappa shape index (κ3) is 1.12. The maximum Gasteiger partial charge on any atom is 0.338 e. The molecule has 3 heteroatoms. The van der Waals surface area contributed by atoms with Crippen LogP contribution >= 0.6 is 0 Å².